The van der Waals surface area contributed by atoms with Gasteiger partial charge in [0.1, 0.15) is 6.10 Å². The molecular weight excluding hydrogens is 480 g/mol. The second-order valence-corrected chi connectivity index (χ2v) is 12.1. The molecule has 0 aromatic heterocycles. The van der Waals surface area contributed by atoms with Gasteiger partial charge in [0.2, 0.25) is 0 Å². The molecule has 7 nitrogen and oxygen atoms in total. The number of carbonyl (C=O) groups is 1. The van der Waals surface area contributed by atoms with Gasteiger partial charge in [0, 0.05) is 37.7 Å². The molecule has 0 bridgehead atoms. The number of hydrogen-bond donors (Lipinski definition) is 0. The van der Waals surface area contributed by atoms with Crippen LogP contribution in [-0.2, 0) is 20.8 Å². The fourth-order valence-corrected chi connectivity index (χ4v) is 7.64. The zero-order valence-electron chi connectivity index (χ0n) is 23.6. The molecule has 0 amide bonds. The fraction of sp³-hybridized carbons (Fsp3) is 0.710. The zero-order chi connectivity index (χ0) is 26.7. The van der Waals surface area contributed by atoms with E-state index in [-0.39, 0.29) is 29.3 Å². The Labute approximate surface area is 228 Å². The summed E-state index contributed by atoms with van der Waals surface area (Å²) < 4.78 is 22.9. The molecule has 2 heterocycles. The van der Waals surface area contributed by atoms with Crippen molar-refractivity contribution in [3.8, 4) is 11.5 Å². The fourth-order valence-electron chi connectivity index (χ4n) is 7.64. The lowest BCUT2D eigenvalue weighted by molar-refractivity contribution is -0.146. The summed E-state index contributed by atoms with van der Waals surface area (Å²) in [4.78, 5) is 18.2. The first kappa shape index (κ1) is 27.5. The number of methoxy groups -OCH3 is 2. The highest BCUT2D eigenvalue weighted by molar-refractivity contribution is 5.75. The summed E-state index contributed by atoms with van der Waals surface area (Å²) in [7, 11) is 3.37. The average Bonchev–Trinajstić information content (AvgIpc) is 3.20. The van der Waals surface area contributed by atoms with Gasteiger partial charge < -0.3 is 18.9 Å². The summed E-state index contributed by atoms with van der Waals surface area (Å²) in [5.41, 5.74) is 2.69. The predicted molar refractivity (Wildman–Crippen MR) is 147 cm³/mol. The minimum atomic E-state index is -0.0979. The van der Waals surface area contributed by atoms with Gasteiger partial charge in [-0.15, -0.1) is 0 Å². The summed E-state index contributed by atoms with van der Waals surface area (Å²) in [6.07, 6.45) is 6.64. The number of hydrogen-bond acceptors (Lipinski definition) is 7. The van der Waals surface area contributed by atoms with Crippen molar-refractivity contribution >= 4 is 5.97 Å². The third kappa shape index (κ3) is 5.75. The molecule has 2 saturated carbocycles. The van der Waals surface area contributed by atoms with Crippen LogP contribution in [0, 0.1) is 23.2 Å². The average molecular weight is 527 g/mol. The van der Waals surface area contributed by atoms with E-state index in [9.17, 15) is 4.79 Å². The Morgan fingerprint density at radius 3 is 2.79 bits per heavy atom. The molecule has 5 unspecified atom stereocenters. The third-order valence-corrected chi connectivity index (χ3v) is 9.71. The van der Waals surface area contributed by atoms with Gasteiger partial charge >= 0.3 is 5.97 Å². The first-order chi connectivity index (χ1) is 18.4. The van der Waals surface area contributed by atoms with Gasteiger partial charge in [-0.2, -0.15) is 0 Å². The number of morpholine rings is 1. The number of allylic oxidation sites excluding steroid dienone is 1. The van der Waals surface area contributed by atoms with E-state index >= 15 is 0 Å². The summed E-state index contributed by atoms with van der Waals surface area (Å²) >= 11 is 0. The molecule has 5 rings (SSSR count). The van der Waals surface area contributed by atoms with E-state index in [4.69, 9.17) is 18.9 Å². The second kappa shape index (κ2) is 12.0. The number of para-hydroxylation sites is 1. The highest BCUT2D eigenvalue weighted by atomic mass is 16.6. The van der Waals surface area contributed by atoms with Gasteiger partial charge in [0.05, 0.1) is 33.4 Å². The minimum Gasteiger partial charge on any atom is -0.493 e. The van der Waals surface area contributed by atoms with Crippen LogP contribution < -0.4 is 9.47 Å². The highest BCUT2D eigenvalue weighted by Gasteiger charge is 2.55. The maximum absolute atomic E-state index is 13.3. The normalized spacial score (nSPS) is 31.6. The molecule has 1 aromatic rings. The van der Waals surface area contributed by atoms with E-state index in [1.54, 1.807) is 14.2 Å². The number of fused-ring (bicyclic) bond motifs is 2. The zero-order valence-corrected chi connectivity index (χ0v) is 23.6. The van der Waals surface area contributed by atoms with Gasteiger partial charge in [0.25, 0.3) is 0 Å². The molecule has 1 aromatic carbocycles. The van der Waals surface area contributed by atoms with Crippen molar-refractivity contribution < 1.29 is 23.7 Å². The van der Waals surface area contributed by atoms with Gasteiger partial charge in [0.15, 0.2) is 11.5 Å². The maximum Gasteiger partial charge on any atom is 0.310 e. The van der Waals surface area contributed by atoms with Crippen LogP contribution in [0.15, 0.2) is 30.4 Å². The number of rotatable bonds is 10. The quantitative estimate of drug-likeness (QED) is 0.328. The molecule has 38 heavy (non-hydrogen) atoms. The number of benzene rings is 1. The predicted octanol–water partition coefficient (Wildman–Crippen LogP) is 4.54. The molecule has 0 radical (unpaired) electrons. The number of esters is 1. The Bertz CT molecular complexity index is 992. The topological polar surface area (TPSA) is 60.5 Å². The lowest BCUT2D eigenvalue weighted by Gasteiger charge is -2.50. The number of carbonyl (C=O) groups excluding carboxylic acids is 1. The van der Waals surface area contributed by atoms with E-state index in [0.29, 0.717) is 19.0 Å². The molecule has 4 fully saturated rings. The van der Waals surface area contributed by atoms with Gasteiger partial charge in [-0.1, -0.05) is 31.2 Å². The Morgan fingerprint density at radius 2 is 2.03 bits per heavy atom. The maximum atomic E-state index is 13.3. The summed E-state index contributed by atoms with van der Waals surface area (Å²) in [5.74, 6) is 2.17. The first-order valence-corrected chi connectivity index (χ1v) is 14.5. The van der Waals surface area contributed by atoms with Crippen molar-refractivity contribution in [3.05, 3.63) is 35.9 Å². The van der Waals surface area contributed by atoms with Crippen LogP contribution in [0.5, 0.6) is 11.5 Å². The lowest BCUT2D eigenvalue weighted by Crippen LogP contribution is -2.45. The summed E-state index contributed by atoms with van der Waals surface area (Å²) in [5, 5.41) is 0. The van der Waals surface area contributed by atoms with Crippen molar-refractivity contribution in [2.75, 3.05) is 60.2 Å². The monoisotopic (exact) mass is 526 g/mol. The minimum absolute atomic E-state index is 0.0105. The molecule has 210 valence electrons. The van der Waals surface area contributed by atoms with E-state index in [1.807, 2.05) is 12.1 Å². The van der Waals surface area contributed by atoms with Crippen molar-refractivity contribution in [2.45, 2.75) is 58.1 Å². The van der Waals surface area contributed by atoms with Crippen LogP contribution in [-0.4, -0.2) is 82.0 Å². The molecule has 4 aliphatic rings. The Kier molecular flexibility index (Phi) is 8.65. The molecule has 5 atom stereocenters. The van der Waals surface area contributed by atoms with Gasteiger partial charge in [-0.3, -0.25) is 14.6 Å². The van der Waals surface area contributed by atoms with E-state index < -0.39 is 0 Å². The lowest BCUT2D eigenvalue weighted by atomic mass is 9.55. The van der Waals surface area contributed by atoms with Crippen LogP contribution in [0.25, 0.3) is 0 Å². The van der Waals surface area contributed by atoms with Gasteiger partial charge in [-0.25, -0.2) is 0 Å². The first-order valence-electron chi connectivity index (χ1n) is 14.5. The van der Waals surface area contributed by atoms with Crippen molar-refractivity contribution in [1.82, 2.24) is 9.80 Å². The van der Waals surface area contributed by atoms with Crippen LogP contribution in [0.3, 0.4) is 0 Å². The van der Waals surface area contributed by atoms with Gasteiger partial charge in [-0.05, 0) is 69.0 Å². The molecule has 2 saturated heterocycles. The number of nitrogens with zero attached hydrogens (tertiary/aromatic N) is 2. The Balaban J connectivity index is 1.32. The second-order valence-electron chi connectivity index (χ2n) is 12.1. The summed E-state index contributed by atoms with van der Waals surface area (Å²) in [6, 6.07) is 6.05. The molecule has 2 aliphatic carbocycles. The van der Waals surface area contributed by atoms with Crippen LogP contribution in [0.1, 0.15) is 51.0 Å². The molecule has 2 aliphatic heterocycles. The SMILES string of the molecule is C=C1CCCC2(C)CC3OC(=O)C(CN(CCCN4CCOCC4)Cc4cccc(OC)c4OC)C3CC12. The highest BCUT2D eigenvalue weighted by Crippen LogP contribution is 2.57. The smallest absolute Gasteiger partial charge is 0.310 e. The summed E-state index contributed by atoms with van der Waals surface area (Å²) in [6.45, 7) is 13.8. The van der Waals surface area contributed by atoms with E-state index in [2.05, 4.69) is 29.4 Å². The molecule has 7 heteroatoms. The Morgan fingerprint density at radius 1 is 1.21 bits per heavy atom. The largest absolute Gasteiger partial charge is 0.493 e. The van der Waals surface area contributed by atoms with E-state index in [0.717, 1.165) is 82.1 Å². The third-order valence-electron chi connectivity index (χ3n) is 9.71. The van der Waals surface area contributed by atoms with Crippen molar-refractivity contribution in [2.24, 2.45) is 23.2 Å². The van der Waals surface area contributed by atoms with Crippen LogP contribution >= 0.6 is 0 Å². The Hall–Kier alpha value is -2.09. The molecule has 0 N–H and O–H groups in total. The van der Waals surface area contributed by atoms with Crippen molar-refractivity contribution in [3.63, 3.8) is 0 Å². The van der Waals surface area contributed by atoms with Crippen LogP contribution in [0.4, 0.5) is 0 Å². The standard InChI is InChI=1S/C31H46N2O5/c1-22-8-6-11-31(2)19-28-24(18-26(22)31)25(30(34)38-28)21-33(13-7-12-32-14-16-37-17-15-32)20-23-9-5-10-27(35-3)29(23)36-4/h5,9-10,24-26,28H,1,6-8,11-21H2,2-4H3. The molecule has 0 spiro atoms. The number of ether oxygens (including phenoxy) is 4. The van der Waals surface area contributed by atoms with Crippen LogP contribution in [0.2, 0.25) is 0 Å². The molecular formula is C31H46N2O5. The van der Waals surface area contributed by atoms with E-state index in [1.165, 1.54) is 18.4 Å². The van der Waals surface area contributed by atoms with Crippen molar-refractivity contribution in [1.29, 1.82) is 0 Å².